The molecule has 1 aromatic rings. The second-order valence-electron chi connectivity index (χ2n) is 8.26. The average molecular weight is 360 g/mol. The van der Waals surface area contributed by atoms with Crippen LogP contribution >= 0.6 is 0 Å². The summed E-state index contributed by atoms with van der Waals surface area (Å²) in [6.45, 7) is 8.10. The lowest BCUT2D eigenvalue weighted by atomic mass is 9.73. The molecule has 0 bridgehead atoms. The molecule has 7 nitrogen and oxygen atoms in total. The Kier molecular flexibility index (Phi) is 5.01. The summed E-state index contributed by atoms with van der Waals surface area (Å²) in [5.41, 5.74) is 0.367. The lowest BCUT2D eigenvalue weighted by molar-refractivity contribution is -0.153. The third kappa shape index (κ3) is 3.45. The number of carbonyl (C=O) groups is 2. The summed E-state index contributed by atoms with van der Waals surface area (Å²) < 4.78 is 0. The molecule has 0 aliphatic carbocycles. The molecule has 1 aromatic heterocycles. The number of hydrogen-bond donors (Lipinski definition) is 1. The van der Waals surface area contributed by atoms with Crippen LogP contribution in [0, 0.1) is 24.2 Å². The minimum atomic E-state index is -0.870. The van der Waals surface area contributed by atoms with Crippen LogP contribution in [-0.4, -0.2) is 70.0 Å². The van der Waals surface area contributed by atoms with Crippen molar-refractivity contribution in [2.75, 3.05) is 33.2 Å². The molecule has 0 saturated carbocycles. The predicted octanol–water partition coefficient (Wildman–Crippen LogP) is 1.46. The molecule has 2 aliphatic heterocycles. The standard InChI is InChI=1S/C19H28N4O3/c1-12(2)7-15-8-16(21-13(3)20-15)17(24)23-9-14-5-6-22(4)10-19(14,11-23)18(25)26/h8,12,14H,5-7,9-11H2,1-4H3,(H,25,26)/t14-,19-/m1/s1. The van der Waals surface area contributed by atoms with Gasteiger partial charge < -0.3 is 14.9 Å². The van der Waals surface area contributed by atoms with E-state index in [2.05, 4.69) is 23.8 Å². The SMILES string of the molecule is Cc1nc(CC(C)C)cc(C(=O)N2C[C@H]3CCN(C)C[C@@]3(C(=O)O)C2)n1. The van der Waals surface area contributed by atoms with Crippen molar-refractivity contribution < 1.29 is 14.7 Å². The van der Waals surface area contributed by atoms with Gasteiger partial charge in [0.15, 0.2) is 0 Å². The van der Waals surface area contributed by atoms with Crippen LogP contribution in [0.4, 0.5) is 0 Å². The predicted molar refractivity (Wildman–Crippen MR) is 96.9 cm³/mol. The number of amides is 1. The van der Waals surface area contributed by atoms with E-state index in [1.54, 1.807) is 17.9 Å². The third-order valence-electron chi connectivity index (χ3n) is 5.55. The first-order valence-corrected chi connectivity index (χ1v) is 9.27. The zero-order valence-electron chi connectivity index (χ0n) is 16.0. The molecule has 26 heavy (non-hydrogen) atoms. The number of aryl methyl sites for hydroxylation is 1. The van der Waals surface area contributed by atoms with E-state index in [1.165, 1.54) is 0 Å². The second kappa shape index (κ2) is 6.95. The van der Waals surface area contributed by atoms with Crippen molar-refractivity contribution in [1.29, 1.82) is 0 Å². The molecule has 2 aliphatic rings. The number of carboxylic acids is 1. The van der Waals surface area contributed by atoms with Crippen LogP contribution in [0.15, 0.2) is 6.07 Å². The molecule has 1 amide bonds. The van der Waals surface area contributed by atoms with Crippen LogP contribution in [0.3, 0.4) is 0 Å². The Morgan fingerprint density at radius 3 is 2.73 bits per heavy atom. The van der Waals surface area contributed by atoms with Crippen molar-refractivity contribution in [2.24, 2.45) is 17.3 Å². The Balaban J connectivity index is 1.85. The van der Waals surface area contributed by atoms with Gasteiger partial charge in [-0.05, 0) is 51.3 Å². The summed E-state index contributed by atoms with van der Waals surface area (Å²) in [6, 6.07) is 1.76. The summed E-state index contributed by atoms with van der Waals surface area (Å²) in [5.74, 6) is 0.0311. The van der Waals surface area contributed by atoms with Crippen LogP contribution < -0.4 is 0 Å². The Morgan fingerprint density at radius 1 is 1.35 bits per heavy atom. The number of piperidine rings is 1. The summed E-state index contributed by atoms with van der Waals surface area (Å²) in [6.07, 6.45) is 1.59. The highest BCUT2D eigenvalue weighted by Gasteiger charge is 2.55. The molecular weight excluding hydrogens is 332 g/mol. The van der Waals surface area contributed by atoms with E-state index in [4.69, 9.17) is 0 Å². The fraction of sp³-hybridized carbons (Fsp3) is 0.684. The van der Waals surface area contributed by atoms with Crippen molar-refractivity contribution in [2.45, 2.75) is 33.6 Å². The molecule has 2 saturated heterocycles. The van der Waals surface area contributed by atoms with E-state index >= 15 is 0 Å². The maximum Gasteiger partial charge on any atom is 0.313 e. The Hall–Kier alpha value is -2.02. The molecule has 3 rings (SSSR count). The van der Waals surface area contributed by atoms with Crippen molar-refractivity contribution in [3.8, 4) is 0 Å². The number of fused-ring (bicyclic) bond motifs is 1. The largest absolute Gasteiger partial charge is 0.481 e. The summed E-state index contributed by atoms with van der Waals surface area (Å²) in [5, 5.41) is 9.88. The minimum Gasteiger partial charge on any atom is -0.481 e. The van der Waals surface area contributed by atoms with Crippen LogP contribution in [-0.2, 0) is 11.2 Å². The van der Waals surface area contributed by atoms with Gasteiger partial charge >= 0.3 is 5.97 Å². The maximum atomic E-state index is 13.1. The average Bonchev–Trinajstić information content (AvgIpc) is 2.93. The molecule has 7 heteroatoms. The van der Waals surface area contributed by atoms with Crippen molar-refractivity contribution >= 4 is 11.9 Å². The van der Waals surface area contributed by atoms with E-state index in [1.807, 2.05) is 11.9 Å². The molecule has 2 atom stereocenters. The van der Waals surface area contributed by atoms with Gasteiger partial charge in [0.1, 0.15) is 16.9 Å². The number of carbonyl (C=O) groups excluding carboxylic acids is 1. The lowest BCUT2D eigenvalue weighted by Crippen LogP contribution is -2.52. The molecule has 0 unspecified atom stereocenters. The van der Waals surface area contributed by atoms with E-state index in [9.17, 15) is 14.7 Å². The van der Waals surface area contributed by atoms with Gasteiger partial charge in [-0.15, -0.1) is 0 Å². The highest BCUT2D eigenvalue weighted by molar-refractivity contribution is 5.93. The van der Waals surface area contributed by atoms with Gasteiger partial charge in [0.05, 0.1) is 0 Å². The van der Waals surface area contributed by atoms with Crippen molar-refractivity contribution in [1.82, 2.24) is 19.8 Å². The molecule has 0 aromatic carbocycles. The Labute approximate surface area is 154 Å². The minimum absolute atomic E-state index is 0.00165. The fourth-order valence-electron chi connectivity index (χ4n) is 4.35. The van der Waals surface area contributed by atoms with Gasteiger partial charge in [-0.2, -0.15) is 0 Å². The molecule has 3 heterocycles. The quantitative estimate of drug-likeness (QED) is 0.875. The number of carboxylic acid groups (broad SMARTS) is 1. The zero-order chi connectivity index (χ0) is 19.1. The first-order valence-electron chi connectivity index (χ1n) is 9.27. The molecule has 2 fully saturated rings. The zero-order valence-corrected chi connectivity index (χ0v) is 16.0. The fourth-order valence-corrected chi connectivity index (χ4v) is 4.35. The third-order valence-corrected chi connectivity index (χ3v) is 5.55. The normalized spacial score (nSPS) is 26.2. The van der Waals surface area contributed by atoms with Gasteiger partial charge in [-0.3, -0.25) is 9.59 Å². The first-order chi connectivity index (χ1) is 12.2. The summed E-state index contributed by atoms with van der Waals surface area (Å²) in [4.78, 5) is 37.6. The topological polar surface area (TPSA) is 86.6 Å². The van der Waals surface area contributed by atoms with Crippen LogP contribution in [0.25, 0.3) is 0 Å². The van der Waals surface area contributed by atoms with Gasteiger partial charge in [-0.25, -0.2) is 9.97 Å². The Morgan fingerprint density at radius 2 is 2.08 bits per heavy atom. The van der Waals surface area contributed by atoms with Gasteiger partial charge in [0, 0.05) is 25.3 Å². The summed E-state index contributed by atoms with van der Waals surface area (Å²) >= 11 is 0. The number of likely N-dealkylation sites (tertiary alicyclic amines) is 2. The number of aromatic nitrogens is 2. The van der Waals surface area contributed by atoms with Crippen molar-refractivity contribution in [3.05, 3.63) is 23.3 Å². The number of hydrogen-bond acceptors (Lipinski definition) is 5. The van der Waals surface area contributed by atoms with Crippen molar-refractivity contribution in [3.63, 3.8) is 0 Å². The second-order valence-corrected chi connectivity index (χ2v) is 8.26. The highest BCUT2D eigenvalue weighted by atomic mass is 16.4. The Bertz CT molecular complexity index is 721. The van der Waals surface area contributed by atoms with Gasteiger partial charge in [0.25, 0.3) is 5.91 Å². The number of nitrogens with zero attached hydrogens (tertiary/aromatic N) is 4. The van der Waals surface area contributed by atoms with E-state index < -0.39 is 11.4 Å². The molecule has 0 spiro atoms. The molecular formula is C19H28N4O3. The van der Waals surface area contributed by atoms with Crippen LogP contribution in [0.2, 0.25) is 0 Å². The number of rotatable bonds is 4. The smallest absolute Gasteiger partial charge is 0.313 e. The maximum absolute atomic E-state index is 13.1. The number of aliphatic carboxylic acids is 1. The molecule has 1 N–H and O–H groups in total. The first kappa shape index (κ1) is 18.8. The van der Waals surface area contributed by atoms with E-state index in [0.717, 1.165) is 25.1 Å². The monoisotopic (exact) mass is 360 g/mol. The molecule has 0 radical (unpaired) electrons. The van der Waals surface area contributed by atoms with E-state index in [0.29, 0.717) is 30.5 Å². The van der Waals surface area contributed by atoms with Gasteiger partial charge in [0.2, 0.25) is 0 Å². The van der Waals surface area contributed by atoms with Crippen LogP contribution in [0.1, 0.15) is 42.3 Å². The highest BCUT2D eigenvalue weighted by Crippen LogP contribution is 2.42. The van der Waals surface area contributed by atoms with Gasteiger partial charge in [-0.1, -0.05) is 13.8 Å². The lowest BCUT2D eigenvalue weighted by Gasteiger charge is -2.39. The van der Waals surface area contributed by atoms with E-state index in [-0.39, 0.29) is 18.4 Å². The molecule has 142 valence electrons. The summed E-state index contributed by atoms with van der Waals surface area (Å²) in [7, 11) is 1.94. The van der Waals surface area contributed by atoms with Crippen LogP contribution in [0.5, 0.6) is 0 Å².